The van der Waals surface area contributed by atoms with Crippen LogP contribution < -0.4 is 5.32 Å². The van der Waals surface area contributed by atoms with Gasteiger partial charge in [0.1, 0.15) is 11.6 Å². The van der Waals surface area contributed by atoms with E-state index in [1.165, 1.54) is 6.20 Å². The predicted octanol–water partition coefficient (Wildman–Crippen LogP) is 1.37. The molecule has 1 fully saturated rings. The maximum absolute atomic E-state index is 11.1. The average molecular weight is 217 g/mol. The molecule has 5 nitrogen and oxygen atoms in total. The van der Waals surface area contributed by atoms with Gasteiger partial charge in [0.05, 0.1) is 5.69 Å². The molecule has 16 heavy (non-hydrogen) atoms. The Labute approximate surface area is 92.7 Å². The van der Waals surface area contributed by atoms with Crippen molar-refractivity contribution >= 4 is 11.7 Å². The van der Waals surface area contributed by atoms with Gasteiger partial charge in [0.15, 0.2) is 5.69 Å². The van der Waals surface area contributed by atoms with Gasteiger partial charge in [0.2, 0.25) is 0 Å². The summed E-state index contributed by atoms with van der Waals surface area (Å²) in [5, 5.41) is 20.9. The van der Waals surface area contributed by atoms with Gasteiger partial charge in [0.25, 0.3) is 0 Å². The Morgan fingerprint density at radius 1 is 1.62 bits per heavy atom. The topological polar surface area (TPSA) is 86.0 Å². The van der Waals surface area contributed by atoms with Crippen LogP contribution >= 0.6 is 0 Å². The summed E-state index contributed by atoms with van der Waals surface area (Å²) in [4.78, 5) is 15.0. The Morgan fingerprint density at radius 3 is 2.88 bits per heavy atom. The zero-order valence-electron chi connectivity index (χ0n) is 8.60. The fourth-order valence-electron chi connectivity index (χ4n) is 1.78. The third kappa shape index (κ3) is 1.58. The zero-order chi connectivity index (χ0) is 11.6. The standard InChI is InChI=1S/C11H11N3O2/c12-7-9-8(3-1-6-13-9)14-11(10(15)16)4-2-5-11/h1,3,6,14H,2,4-5H2,(H,15,16). The second kappa shape index (κ2) is 3.81. The van der Waals surface area contributed by atoms with E-state index in [0.717, 1.165) is 6.42 Å². The largest absolute Gasteiger partial charge is 0.480 e. The van der Waals surface area contributed by atoms with Crippen molar-refractivity contribution in [2.75, 3.05) is 5.32 Å². The number of aromatic nitrogens is 1. The van der Waals surface area contributed by atoms with Crippen LogP contribution in [0.5, 0.6) is 0 Å². The molecule has 82 valence electrons. The van der Waals surface area contributed by atoms with Crippen molar-refractivity contribution < 1.29 is 9.90 Å². The van der Waals surface area contributed by atoms with Crippen LogP contribution in [0.15, 0.2) is 18.3 Å². The summed E-state index contributed by atoms with van der Waals surface area (Å²) in [5.74, 6) is -0.869. The Hall–Kier alpha value is -2.09. The van der Waals surface area contributed by atoms with Gasteiger partial charge in [-0.25, -0.2) is 9.78 Å². The number of hydrogen-bond donors (Lipinski definition) is 2. The van der Waals surface area contributed by atoms with Crippen LogP contribution in [-0.2, 0) is 4.79 Å². The lowest BCUT2D eigenvalue weighted by atomic mass is 9.76. The molecular weight excluding hydrogens is 206 g/mol. The van der Waals surface area contributed by atoms with Gasteiger partial charge < -0.3 is 10.4 Å². The van der Waals surface area contributed by atoms with E-state index in [1.807, 2.05) is 6.07 Å². The molecule has 2 rings (SSSR count). The molecule has 1 aromatic rings. The number of aliphatic carboxylic acids is 1. The van der Waals surface area contributed by atoms with Crippen LogP contribution in [0.4, 0.5) is 5.69 Å². The fraction of sp³-hybridized carbons (Fsp3) is 0.364. The van der Waals surface area contributed by atoms with Gasteiger partial charge in [-0.15, -0.1) is 0 Å². The molecule has 1 aromatic heterocycles. The summed E-state index contributed by atoms with van der Waals surface area (Å²) in [5.41, 5.74) is -0.184. The first-order valence-electron chi connectivity index (χ1n) is 5.05. The number of nitrogens with zero attached hydrogens (tertiary/aromatic N) is 2. The quantitative estimate of drug-likeness (QED) is 0.798. The van der Waals surface area contributed by atoms with E-state index in [-0.39, 0.29) is 5.69 Å². The van der Waals surface area contributed by atoms with Gasteiger partial charge in [-0.3, -0.25) is 0 Å². The Balaban J connectivity index is 2.27. The molecule has 0 bridgehead atoms. The molecule has 1 aliphatic carbocycles. The van der Waals surface area contributed by atoms with Crippen molar-refractivity contribution in [3.8, 4) is 6.07 Å². The number of hydrogen-bond acceptors (Lipinski definition) is 4. The highest BCUT2D eigenvalue weighted by Crippen LogP contribution is 2.36. The molecule has 0 saturated heterocycles. The van der Waals surface area contributed by atoms with Crippen LogP contribution in [0.2, 0.25) is 0 Å². The van der Waals surface area contributed by atoms with E-state index in [4.69, 9.17) is 10.4 Å². The maximum Gasteiger partial charge on any atom is 0.329 e. The van der Waals surface area contributed by atoms with Crippen LogP contribution in [-0.4, -0.2) is 21.6 Å². The number of nitrogens with one attached hydrogen (secondary N) is 1. The fourth-order valence-corrected chi connectivity index (χ4v) is 1.78. The first kappa shape index (κ1) is 10.4. The van der Waals surface area contributed by atoms with Crippen LogP contribution in [0.1, 0.15) is 25.0 Å². The van der Waals surface area contributed by atoms with Gasteiger partial charge in [0, 0.05) is 6.20 Å². The molecular formula is C11H11N3O2. The number of carboxylic acids is 1. The van der Waals surface area contributed by atoms with Crippen molar-refractivity contribution in [3.05, 3.63) is 24.0 Å². The highest BCUT2D eigenvalue weighted by Gasteiger charge is 2.44. The third-order valence-electron chi connectivity index (χ3n) is 2.90. The normalized spacial score (nSPS) is 16.9. The summed E-state index contributed by atoms with van der Waals surface area (Å²) >= 11 is 0. The summed E-state index contributed by atoms with van der Waals surface area (Å²) < 4.78 is 0. The van der Waals surface area contributed by atoms with Gasteiger partial charge in [-0.1, -0.05) is 0 Å². The minimum absolute atomic E-state index is 0.232. The van der Waals surface area contributed by atoms with E-state index in [9.17, 15) is 4.79 Å². The maximum atomic E-state index is 11.1. The van der Waals surface area contributed by atoms with Gasteiger partial charge in [-0.05, 0) is 31.4 Å². The number of pyridine rings is 1. The van der Waals surface area contributed by atoms with E-state index >= 15 is 0 Å². The third-order valence-corrected chi connectivity index (χ3v) is 2.90. The van der Waals surface area contributed by atoms with Crippen LogP contribution in [0.25, 0.3) is 0 Å². The zero-order valence-corrected chi connectivity index (χ0v) is 8.60. The lowest BCUT2D eigenvalue weighted by Gasteiger charge is -2.39. The summed E-state index contributed by atoms with van der Waals surface area (Å²) in [6.45, 7) is 0. The minimum atomic E-state index is -0.908. The molecule has 2 N–H and O–H groups in total. The summed E-state index contributed by atoms with van der Waals surface area (Å²) in [6, 6.07) is 5.29. The highest BCUT2D eigenvalue weighted by molar-refractivity contribution is 5.84. The minimum Gasteiger partial charge on any atom is -0.480 e. The molecule has 0 radical (unpaired) electrons. The van der Waals surface area contributed by atoms with Crippen LogP contribution in [0, 0.1) is 11.3 Å². The lowest BCUT2D eigenvalue weighted by molar-refractivity contribution is -0.145. The number of nitriles is 1. The lowest BCUT2D eigenvalue weighted by Crippen LogP contribution is -2.52. The van der Waals surface area contributed by atoms with E-state index < -0.39 is 11.5 Å². The summed E-state index contributed by atoms with van der Waals surface area (Å²) in [7, 11) is 0. The molecule has 0 amide bonds. The Kier molecular flexibility index (Phi) is 2.49. The molecule has 1 saturated carbocycles. The second-order valence-electron chi connectivity index (χ2n) is 3.88. The Morgan fingerprint density at radius 2 is 2.38 bits per heavy atom. The van der Waals surface area contributed by atoms with Crippen LogP contribution in [0.3, 0.4) is 0 Å². The number of anilines is 1. The van der Waals surface area contributed by atoms with Crippen molar-refractivity contribution in [1.82, 2.24) is 4.98 Å². The van der Waals surface area contributed by atoms with Crippen molar-refractivity contribution in [1.29, 1.82) is 5.26 Å². The second-order valence-corrected chi connectivity index (χ2v) is 3.88. The Bertz CT molecular complexity index is 461. The predicted molar refractivity (Wildman–Crippen MR) is 56.8 cm³/mol. The molecule has 0 atom stereocenters. The molecule has 0 aromatic carbocycles. The van der Waals surface area contributed by atoms with E-state index in [2.05, 4.69) is 10.3 Å². The SMILES string of the molecule is N#Cc1ncccc1NC1(C(=O)O)CCC1. The average Bonchev–Trinajstić information content (AvgIpc) is 2.23. The van der Waals surface area contributed by atoms with Crippen molar-refractivity contribution in [3.63, 3.8) is 0 Å². The number of rotatable bonds is 3. The molecule has 0 aliphatic heterocycles. The molecule has 1 aliphatic rings. The first-order valence-corrected chi connectivity index (χ1v) is 5.05. The number of carboxylic acid groups (broad SMARTS) is 1. The number of carbonyl (C=O) groups is 1. The first-order chi connectivity index (χ1) is 7.68. The highest BCUT2D eigenvalue weighted by atomic mass is 16.4. The molecule has 1 heterocycles. The summed E-state index contributed by atoms with van der Waals surface area (Å²) in [6.07, 6.45) is 3.57. The van der Waals surface area contributed by atoms with Gasteiger partial charge >= 0.3 is 5.97 Å². The molecule has 5 heteroatoms. The molecule has 0 spiro atoms. The van der Waals surface area contributed by atoms with E-state index in [1.54, 1.807) is 12.1 Å². The van der Waals surface area contributed by atoms with Crippen molar-refractivity contribution in [2.24, 2.45) is 0 Å². The monoisotopic (exact) mass is 217 g/mol. The molecule has 0 unspecified atom stereocenters. The van der Waals surface area contributed by atoms with E-state index in [0.29, 0.717) is 18.5 Å². The van der Waals surface area contributed by atoms with Gasteiger partial charge in [-0.2, -0.15) is 5.26 Å². The van der Waals surface area contributed by atoms with Crippen molar-refractivity contribution in [2.45, 2.75) is 24.8 Å². The smallest absolute Gasteiger partial charge is 0.329 e.